The molecule has 5 nitrogen and oxygen atoms in total. The number of aromatic nitrogens is 1. The van der Waals surface area contributed by atoms with E-state index in [4.69, 9.17) is 0 Å². The second-order valence-electron chi connectivity index (χ2n) is 7.25. The standard InChI is InChI=1S/C22H15F6NO4/c1-2-29-15-7-11(17(30)9-19(32)21(23,24)25)3-5-13(15)14-6-4-12(8-16(14)29)18(31)10-20(33)22(26,27)28/h3-8H,2,9-10H2,1H3. The van der Waals surface area contributed by atoms with E-state index in [2.05, 4.69) is 0 Å². The Labute approximate surface area is 182 Å². The van der Waals surface area contributed by atoms with Gasteiger partial charge in [-0.3, -0.25) is 19.2 Å². The molecule has 33 heavy (non-hydrogen) atoms. The van der Waals surface area contributed by atoms with Gasteiger partial charge >= 0.3 is 12.4 Å². The van der Waals surface area contributed by atoms with Crippen LogP contribution in [0.25, 0.3) is 21.8 Å². The number of rotatable bonds is 7. The van der Waals surface area contributed by atoms with E-state index in [1.54, 1.807) is 11.5 Å². The van der Waals surface area contributed by atoms with Gasteiger partial charge in [0.1, 0.15) is 0 Å². The molecule has 11 heteroatoms. The molecule has 1 aromatic heterocycles. The van der Waals surface area contributed by atoms with Gasteiger partial charge in [-0.05, 0) is 19.1 Å². The van der Waals surface area contributed by atoms with Crippen LogP contribution >= 0.6 is 0 Å². The van der Waals surface area contributed by atoms with Gasteiger partial charge < -0.3 is 4.57 Å². The summed E-state index contributed by atoms with van der Waals surface area (Å²) in [5.41, 5.74) is 0.608. The van der Waals surface area contributed by atoms with Crippen LogP contribution < -0.4 is 0 Å². The number of Topliss-reactive ketones (excluding diaryl/α,β-unsaturated/α-hetero) is 4. The molecule has 0 radical (unpaired) electrons. The number of ketones is 4. The lowest BCUT2D eigenvalue weighted by atomic mass is 10.0. The van der Waals surface area contributed by atoms with Crippen LogP contribution in [-0.4, -0.2) is 40.1 Å². The molecule has 0 unspecified atom stereocenters. The molecule has 0 aliphatic carbocycles. The van der Waals surface area contributed by atoms with E-state index in [-0.39, 0.29) is 17.7 Å². The number of aryl methyl sites for hydroxylation is 1. The summed E-state index contributed by atoms with van der Waals surface area (Å²) in [5.74, 6) is -6.37. The number of benzene rings is 2. The van der Waals surface area contributed by atoms with Crippen molar-refractivity contribution in [2.45, 2.75) is 38.7 Å². The van der Waals surface area contributed by atoms with Gasteiger partial charge in [-0.1, -0.05) is 24.3 Å². The number of halogens is 6. The fourth-order valence-corrected chi connectivity index (χ4v) is 3.48. The summed E-state index contributed by atoms with van der Waals surface area (Å²) >= 11 is 0. The van der Waals surface area contributed by atoms with Gasteiger partial charge in [-0.15, -0.1) is 0 Å². The molecule has 0 spiro atoms. The molecule has 0 saturated heterocycles. The molecule has 0 amide bonds. The fourth-order valence-electron chi connectivity index (χ4n) is 3.48. The van der Waals surface area contributed by atoms with Gasteiger partial charge in [0.25, 0.3) is 0 Å². The third kappa shape index (κ3) is 4.81. The summed E-state index contributed by atoms with van der Waals surface area (Å²) in [7, 11) is 0. The summed E-state index contributed by atoms with van der Waals surface area (Å²) in [4.78, 5) is 46.7. The quantitative estimate of drug-likeness (QED) is 0.269. The van der Waals surface area contributed by atoms with Gasteiger partial charge in [-0.2, -0.15) is 26.3 Å². The number of carbonyl (C=O) groups excluding carboxylic acids is 4. The van der Waals surface area contributed by atoms with E-state index < -0.39 is 48.3 Å². The highest BCUT2D eigenvalue weighted by atomic mass is 19.4. The maximum absolute atomic E-state index is 12.5. The monoisotopic (exact) mass is 471 g/mol. The molecule has 0 aliphatic heterocycles. The Balaban J connectivity index is 2.02. The Bertz CT molecular complexity index is 1200. The number of nitrogens with zero attached hydrogens (tertiary/aromatic N) is 1. The zero-order valence-electron chi connectivity index (χ0n) is 16.9. The minimum atomic E-state index is -5.13. The second kappa shape index (κ2) is 8.45. The van der Waals surface area contributed by atoms with E-state index in [0.717, 1.165) is 0 Å². The van der Waals surface area contributed by atoms with Crippen molar-refractivity contribution in [3.05, 3.63) is 47.5 Å². The Kier molecular flexibility index (Phi) is 6.18. The average Bonchev–Trinajstić information content (AvgIpc) is 3.04. The Hall–Kier alpha value is -3.50. The molecule has 1 heterocycles. The predicted molar refractivity (Wildman–Crippen MR) is 105 cm³/mol. The van der Waals surface area contributed by atoms with E-state index in [1.165, 1.54) is 36.4 Å². The van der Waals surface area contributed by atoms with Gasteiger partial charge in [0, 0.05) is 39.5 Å². The minimum Gasteiger partial charge on any atom is -0.341 e. The normalized spacial score (nSPS) is 12.3. The van der Waals surface area contributed by atoms with Crippen molar-refractivity contribution >= 4 is 44.9 Å². The predicted octanol–water partition coefficient (Wildman–Crippen LogP) is 5.22. The van der Waals surface area contributed by atoms with E-state index in [0.29, 0.717) is 21.8 Å². The second-order valence-corrected chi connectivity index (χ2v) is 7.25. The van der Waals surface area contributed by atoms with Crippen molar-refractivity contribution in [1.29, 1.82) is 0 Å². The first-order valence-corrected chi connectivity index (χ1v) is 9.56. The molecule has 0 atom stereocenters. The first kappa shape index (κ1) is 24.1. The molecule has 0 saturated carbocycles. The largest absolute Gasteiger partial charge is 0.450 e. The molecular weight excluding hydrogens is 456 g/mol. The van der Waals surface area contributed by atoms with Crippen LogP contribution in [-0.2, 0) is 16.1 Å². The average molecular weight is 471 g/mol. The molecule has 2 aromatic carbocycles. The third-order valence-electron chi connectivity index (χ3n) is 5.10. The fraction of sp³-hybridized carbons (Fsp3) is 0.273. The highest BCUT2D eigenvalue weighted by molar-refractivity contribution is 6.15. The van der Waals surface area contributed by atoms with Crippen LogP contribution in [0.2, 0.25) is 0 Å². The van der Waals surface area contributed by atoms with Gasteiger partial charge in [0.15, 0.2) is 11.6 Å². The van der Waals surface area contributed by atoms with Crippen LogP contribution in [0.15, 0.2) is 36.4 Å². The SMILES string of the molecule is CCn1c2cc(C(=O)CC(=O)C(F)(F)F)ccc2c2ccc(C(=O)CC(=O)C(F)(F)F)cc21. The Morgan fingerprint density at radius 3 is 1.36 bits per heavy atom. The van der Waals surface area contributed by atoms with Crippen LogP contribution in [0.1, 0.15) is 40.5 Å². The lowest BCUT2D eigenvalue weighted by Crippen LogP contribution is -2.25. The Morgan fingerprint density at radius 1 is 0.697 bits per heavy atom. The molecule has 3 rings (SSSR count). The van der Waals surface area contributed by atoms with Crippen molar-refractivity contribution < 1.29 is 45.5 Å². The lowest BCUT2D eigenvalue weighted by Gasteiger charge is -2.07. The zero-order chi connectivity index (χ0) is 24.7. The molecule has 0 bridgehead atoms. The maximum Gasteiger partial charge on any atom is 0.450 e. The van der Waals surface area contributed by atoms with Crippen LogP contribution in [0.5, 0.6) is 0 Å². The van der Waals surface area contributed by atoms with Crippen molar-refractivity contribution in [1.82, 2.24) is 4.57 Å². The summed E-state index contributed by atoms with van der Waals surface area (Å²) < 4.78 is 76.4. The minimum absolute atomic E-state index is 0.121. The van der Waals surface area contributed by atoms with Crippen molar-refractivity contribution in [3.63, 3.8) is 0 Å². The molecule has 3 aromatic rings. The zero-order valence-corrected chi connectivity index (χ0v) is 16.9. The first-order valence-electron chi connectivity index (χ1n) is 9.56. The number of hydrogen-bond donors (Lipinski definition) is 0. The number of alkyl halides is 6. The summed E-state index contributed by atoms with van der Waals surface area (Å²) in [6.45, 7) is 2.00. The highest BCUT2D eigenvalue weighted by Gasteiger charge is 2.40. The van der Waals surface area contributed by atoms with Crippen molar-refractivity contribution in [2.24, 2.45) is 0 Å². The molecule has 0 fully saturated rings. The summed E-state index contributed by atoms with van der Waals surface area (Å²) in [6, 6.07) is 8.14. The van der Waals surface area contributed by atoms with Gasteiger partial charge in [0.2, 0.25) is 11.6 Å². The summed E-state index contributed by atoms with van der Waals surface area (Å²) in [5, 5.41) is 1.16. The lowest BCUT2D eigenvalue weighted by molar-refractivity contribution is -0.170. The van der Waals surface area contributed by atoms with E-state index in [1.807, 2.05) is 0 Å². The summed E-state index contributed by atoms with van der Waals surface area (Å²) in [6.07, 6.45) is -12.9. The van der Waals surface area contributed by atoms with Gasteiger partial charge in [-0.25, -0.2) is 0 Å². The van der Waals surface area contributed by atoms with Crippen molar-refractivity contribution in [2.75, 3.05) is 0 Å². The topological polar surface area (TPSA) is 73.2 Å². The van der Waals surface area contributed by atoms with Crippen LogP contribution in [0.4, 0.5) is 26.3 Å². The van der Waals surface area contributed by atoms with Crippen molar-refractivity contribution in [3.8, 4) is 0 Å². The van der Waals surface area contributed by atoms with E-state index >= 15 is 0 Å². The van der Waals surface area contributed by atoms with Crippen LogP contribution in [0, 0.1) is 0 Å². The van der Waals surface area contributed by atoms with Crippen LogP contribution in [0.3, 0.4) is 0 Å². The highest BCUT2D eigenvalue weighted by Crippen LogP contribution is 2.32. The van der Waals surface area contributed by atoms with Gasteiger partial charge in [0.05, 0.1) is 12.8 Å². The number of fused-ring (bicyclic) bond motifs is 3. The Morgan fingerprint density at radius 2 is 1.06 bits per heavy atom. The third-order valence-corrected chi connectivity index (χ3v) is 5.10. The van der Waals surface area contributed by atoms with E-state index in [9.17, 15) is 45.5 Å². The number of carbonyl (C=O) groups is 4. The maximum atomic E-state index is 12.5. The number of hydrogen-bond acceptors (Lipinski definition) is 4. The molecular formula is C22H15F6NO4. The molecule has 0 aliphatic rings. The molecule has 0 N–H and O–H groups in total. The molecule has 174 valence electrons. The smallest absolute Gasteiger partial charge is 0.341 e. The first-order chi connectivity index (χ1) is 15.2.